The van der Waals surface area contributed by atoms with Gasteiger partial charge in [0.05, 0.1) is 13.7 Å². The predicted octanol–water partition coefficient (Wildman–Crippen LogP) is 4.23. The number of hydrogen-bond donors (Lipinski definition) is 2. The highest BCUT2D eigenvalue weighted by Crippen LogP contribution is 2.28. The van der Waals surface area contributed by atoms with E-state index in [1.807, 2.05) is 43.3 Å². The van der Waals surface area contributed by atoms with Crippen molar-refractivity contribution in [3.63, 3.8) is 0 Å². The molecule has 2 N–H and O–H groups in total. The van der Waals surface area contributed by atoms with Gasteiger partial charge in [0.15, 0.2) is 16.6 Å². The Morgan fingerprint density at radius 2 is 1.89 bits per heavy atom. The number of benzene rings is 2. The van der Waals surface area contributed by atoms with Crippen molar-refractivity contribution in [3.8, 4) is 11.5 Å². The summed E-state index contributed by atoms with van der Waals surface area (Å²) in [4.78, 5) is 12.3. The number of carbonyl (C=O) groups is 1. The van der Waals surface area contributed by atoms with Gasteiger partial charge in [0.25, 0.3) is 5.91 Å². The van der Waals surface area contributed by atoms with E-state index in [1.165, 1.54) is 0 Å². The van der Waals surface area contributed by atoms with E-state index >= 15 is 0 Å². The van der Waals surface area contributed by atoms with Gasteiger partial charge >= 0.3 is 0 Å². The summed E-state index contributed by atoms with van der Waals surface area (Å²) in [6.07, 6.45) is 0.987. The van der Waals surface area contributed by atoms with E-state index in [9.17, 15) is 4.79 Å². The highest BCUT2D eigenvalue weighted by atomic mass is 32.1. The molecular weight excluding hydrogens is 372 g/mol. The standard InChI is InChI=1S/C22H28N2O3S/c1-15(2)11-12-27-19-10-9-17(13-20(19)26-4)14-23-22(28)24-21(25)18-8-6-5-7-16(18)3/h5-10,13,15H,11-12,14H2,1-4H3,(H2,23,24,25,28). The zero-order chi connectivity index (χ0) is 20.5. The first-order chi connectivity index (χ1) is 13.4. The number of methoxy groups -OCH3 is 1. The average molecular weight is 401 g/mol. The van der Waals surface area contributed by atoms with Gasteiger partial charge in [0.1, 0.15) is 0 Å². The quantitative estimate of drug-likeness (QED) is 0.649. The van der Waals surface area contributed by atoms with Crippen LogP contribution in [0.1, 0.15) is 41.8 Å². The molecule has 2 rings (SSSR count). The second-order valence-corrected chi connectivity index (χ2v) is 7.38. The lowest BCUT2D eigenvalue weighted by Gasteiger charge is -2.14. The van der Waals surface area contributed by atoms with E-state index in [4.69, 9.17) is 21.7 Å². The van der Waals surface area contributed by atoms with Crippen molar-refractivity contribution in [2.45, 2.75) is 33.7 Å². The molecule has 28 heavy (non-hydrogen) atoms. The van der Waals surface area contributed by atoms with Crippen molar-refractivity contribution in [1.82, 2.24) is 10.6 Å². The molecule has 0 saturated heterocycles. The summed E-state index contributed by atoms with van der Waals surface area (Å²) in [5.41, 5.74) is 2.48. The maximum absolute atomic E-state index is 12.3. The molecule has 0 spiro atoms. The SMILES string of the molecule is COc1cc(CNC(=S)NC(=O)c2ccccc2C)ccc1OCCC(C)C. The Labute approximate surface area is 172 Å². The summed E-state index contributed by atoms with van der Waals surface area (Å²) in [7, 11) is 1.62. The Morgan fingerprint density at radius 1 is 1.14 bits per heavy atom. The monoisotopic (exact) mass is 400 g/mol. The molecule has 0 aliphatic heterocycles. The van der Waals surface area contributed by atoms with Crippen LogP contribution in [0.25, 0.3) is 0 Å². The second-order valence-electron chi connectivity index (χ2n) is 6.97. The number of aryl methyl sites for hydroxylation is 1. The van der Waals surface area contributed by atoms with E-state index in [2.05, 4.69) is 24.5 Å². The number of rotatable bonds is 8. The molecular formula is C22H28N2O3S. The minimum absolute atomic E-state index is 0.220. The van der Waals surface area contributed by atoms with Crippen LogP contribution in [0.3, 0.4) is 0 Å². The Kier molecular flexibility index (Phi) is 8.26. The normalized spacial score (nSPS) is 10.5. The van der Waals surface area contributed by atoms with Crippen LogP contribution in [-0.2, 0) is 6.54 Å². The summed E-state index contributed by atoms with van der Waals surface area (Å²) >= 11 is 5.24. The van der Waals surface area contributed by atoms with Crippen LogP contribution in [0.5, 0.6) is 11.5 Å². The fourth-order valence-electron chi connectivity index (χ4n) is 2.57. The Hall–Kier alpha value is -2.60. The molecule has 2 aromatic rings. The minimum atomic E-state index is -0.220. The van der Waals surface area contributed by atoms with Crippen LogP contribution in [-0.4, -0.2) is 24.7 Å². The number of thiocarbonyl (C=S) groups is 1. The van der Waals surface area contributed by atoms with Gasteiger partial charge in [-0.15, -0.1) is 0 Å². The van der Waals surface area contributed by atoms with Crippen LogP contribution in [0, 0.1) is 12.8 Å². The van der Waals surface area contributed by atoms with Crippen molar-refractivity contribution in [3.05, 3.63) is 59.2 Å². The van der Waals surface area contributed by atoms with Gasteiger partial charge < -0.3 is 14.8 Å². The zero-order valence-corrected chi connectivity index (χ0v) is 17.7. The van der Waals surface area contributed by atoms with Crippen molar-refractivity contribution in [1.29, 1.82) is 0 Å². The summed E-state index contributed by atoms with van der Waals surface area (Å²) in [6, 6.07) is 13.1. The fourth-order valence-corrected chi connectivity index (χ4v) is 2.74. The molecule has 0 aliphatic rings. The lowest BCUT2D eigenvalue weighted by Crippen LogP contribution is -2.39. The number of ether oxygens (including phenoxy) is 2. The third kappa shape index (κ3) is 6.53. The molecule has 0 heterocycles. The summed E-state index contributed by atoms with van der Waals surface area (Å²) in [5.74, 6) is 1.77. The number of carbonyl (C=O) groups excluding carboxylic acids is 1. The molecule has 0 radical (unpaired) electrons. The molecule has 0 aromatic heterocycles. The van der Waals surface area contributed by atoms with E-state index in [0.29, 0.717) is 30.4 Å². The molecule has 0 fully saturated rings. The maximum atomic E-state index is 12.3. The van der Waals surface area contributed by atoms with Gasteiger partial charge in [-0.3, -0.25) is 10.1 Å². The van der Waals surface area contributed by atoms with E-state index in [1.54, 1.807) is 13.2 Å². The Bertz CT molecular complexity index is 821. The fraction of sp³-hybridized carbons (Fsp3) is 0.364. The first-order valence-electron chi connectivity index (χ1n) is 9.35. The Balaban J connectivity index is 1.90. The number of amides is 1. The van der Waals surface area contributed by atoms with Crippen molar-refractivity contribution >= 4 is 23.2 Å². The van der Waals surface area contributed by atoms with E-state index in [0.717, 1.165) is 23.3 Å². The van der Waals surface area contributed by atoms with Gasteiger partial charge in [0, 0.05) is 12.1 Å². The highest BCUT2D eigenvalue weighted by Gasteiger charge is 2.11. The lowest BCUT2D eigenvalue weighted by atomic mass is 10.1. The summed E-state index contributed by atoms with van der Waals surface area (Å²) in [5, 5.41) is 6.04. The van der Waals surface area contributed by atoms with Crippen LogP contribution in [0.2, 0.25) is 0 Å². The van der Waals surface area contributed by atoms with Gasteiger partial charge in [0.2, 0.25) is 0 Å². The molecule has 6 heteroatoms. The zero-order valence-electron chi connectivity index (χ0n) is 16.9. The molecule has 5 nitrogen and oxygen atoms in total. The van der Waals surface area contributed by atoms with Crippen molar-refractivity contribution in [2.75, 3.05) is 13.7 Å². The third-order valence-electron chi connectivity index (χ3n) is 4.25. The molecule has 150 valence electrons. The molecule has 0 unspecified atom stereocenters. The second kappa shape index (κ2) is 10.7. The van der Waals surface area contributed by atoms with E-state index in [-0.39, 0.29) is 11.0 Å². The Morgan fingerprint density at radius 3 is 2.57 bits per heavy atom. The van der Waals surface area contributed by atoms with Crippen LogP contribution in [0.15, 0.2) is 42.5 Å². The summed E-state index contributed by atoms with van der Waals surface area (Å²) in [6.45, 7) is 7.34. The van der Waals surface area contributed by atoms with E-state index < -0.39 is 0 Å². The molecule has 0 bridgehead atoms. The van der Waals surface area contributed by atoms with Crippen LogP contribution in [0.4, 0.5) is 0 Å². The molecule has 1 amide bonds. The topological polar surface area (TPSA) is 59.6 Å². The maximum Gasteiger partial charge on any atom is 0.257 e. The predicted molar refractivity (Wildman–Crippen MR) is 116 cm³/mol. The molecule has 0 aliphatic carbocycles. The van der Waals surface area contributed by atoms with Crippen LogP contribution >= 0.6 is 12.2 Å². The largest absolute Gasteiger partial charge is 0.493 e. The van der Waals surface area contributed by atoms with Crippen LogP contribution < -0.4 is 20.1 Å². The highest BCUT2D eigenvalue weighted by molar-refractivity contribution is 7.80. The van der Waals surface area contributed by atoms with Crippen molar-refractivity contribution < 1.29 is 14.3 Å². The van der Waals surface area contributed by atoms with Gasteiger partial charge in [-0.05, 0) is 60.8 Å². The summed E-state index contributed by atoms with van der Waals surface area (Å²) < 4.78 is 11.2. The smallest absolute Gasteiger partial charge is 0.257 e. The van der Waals surface area contributed by atoms with Crippen molar-refractivity contribution in [2.24, 2.45) is 5.92 Å². The molecule has 0 saturated carbocycles. The van der Waals surface area contributed by atoms with Gasteiger partial charge in [-0.25, -0.2) is 0 Å². The molecule has 0 atom stereocenters. The number of nitrogens with one attached hydrogen (secondary N) is 2. The number of hydrogen-bond acceptors (Lipinski definition) is 4. The minimum Gasteiger partial charge on any atom is -0.493 e. The average Bonchev–Trinajstić information content (AvgIpc) is 2.67. The first kappa shape index (κ1) is 21.7. The lowest BCUT2D eigenvalue weighted by molar-refractivity contribution is 0.0976. The third-order valence-corrected chi connectivity index (χ3v) is 4.50. The first-order valence-corrected chi connectivity index (χ1v) is 9.76. The van der Waals surface area contributed by atoms with Gasteiger partial charge in [-0.2, -0.15) is 0 Å². The van der Waals surface area contributed by atoms with Gasteiger partial charge in [-0.1, -0.05) is 38.1 Å². The molecule has 2 aromatic carbocycles.